The lowest BCUT2D eigenvalue weighted by atomic mass is 9.94. The lowest BCUT2D eigenvalue weighted by Crippen LogP contribution is -2.43. The van der Waals surface area contributed by atoms with Crippen LogP contribution in [0.5, 0.6) is 0 Å². The second-order valence-corrected chi connectivity index (χ2v) is 5.97. The normalized spacial score (nSPS) is 24.2. The maximum atomic E-state index is 5.70. The minimum atomic E-state index is 0.421. The van der Waals surface area contributed by atoms with E-state index in [1.807, 2.05) is 19.1 Å². The molecule has 1 aromatic heterocycles. The smallest absolute Gasteiger partial charge is 0.127 e. The molecule has 0 aromatic carbocycles. The second-order valence-electron chi connectivity index (χ2n) is 5.53. The van der Waals surface area contributed by atoms with Crippen molar-refractivity contribution < 1.29 is 0 Å². The third-order valence-corrected chi connectivity index (χ3v) is 3.92. The van der Waals surface area contributed by atoms with Gasteiger partial charge in [-0.05, 0) is 45.0 Å². The highest BCUT2D eigenvalue weighted by atomic mass is 32.1. The fraction of sp³-hybridized carbons (Fsp3) is 0.571. The Morgan fingerprint density at radius 1 is 1.53 bits per heavy atom. The lowest BCUT2D eigenvalue weighted by molar-refractivity contribution is 0.206. The van der Waals surface area contributed by atoms with E-state index in [0.29, 0.717) is 16.9 Å². The highest BCUT2D eigenvalue weighted by Gasteiger charge is 2.24. The number of nitrogens with zero attached hydrogens (tertiary/aromatic N) is 2. The summed E-state index contributed by atoms with van der Waals surface area (Å²) in [5.74, 6) is 1.48. The molecular weight excluding hydrogens is 256 g/mol. The maximum absolute atomic E-state index is 5.70. The van der Waals surface area contributed by atoms with Crippen LogP contribution in [0.2, 0.25) is 0 Å². The first-order chi connectivity index (χ1) is 8.95. The third kappa shape index (κ3) is 3.64. The largest absolute Gasteiger partial charge is 0.389 e. The van der Waals surface area contributed by atoms with Gasteiger partial charge in [0.15, 0.2) is 0 Å². The van der Waals surface area contributed by atoms with Crippen molar-refractivity contribution in [3.05, 3.63) is 23.4 Å². The molecular formula is C14H22N4S. The molecule has 104 valence electrons. The van der Waals surface area contributed by atoms with Gasteiger partial charge in [0.2, 0.25) is 0 Å². The molecule has 2 unspecified atom stereocenters. The second kappa shape index (κ2) is 5.84. The van der Waals surface area contributed by atoms with E-state index in [1.54, 1.807) is 0 Å². The molecule has 1 aliphatic rings. The van der Waals surface area contributed by atoms with Gasteiger partial charge in [-0.25, -0.2) is 4.98 Å². The van der Waals surface area contributed by atoms with Crippen LogP contribution in [-0.2, 0) is 0 Å². The van der Waals surface area contributed by atoms with Gasteiger partial charge in [0.1, 0.15) is 10.8 Å². The SMILES string of the molecule is Cc1cc(C(N)=S)cc(NC2CCN(C)CC2C)n1. The minimum Gasteiger partial charge on any atom is -0.389 e. The fourth-order valence-electron chi connectivity index (χ4n) is 2.64. The van der Waals surface area contributed by atoms with Crippen LogP contribution in [0.15, 0.2) is 12.1 Å². The molecule has 1 fully saturated rings. The van der Waals surface area contributed by atoms with Crippen molar-refractivity contribution in [1.82, 2.24) is 9.88 Å². The number of hydrogen-bond acceptors (Lipinski definition) is 4. The summed E-state index contributed by atoms with van der Waals surface area (Å²) in [4.78, 5) is 7.31. The Bertz CT molecular complexity index is 475. The number of nitrogens with one attached hydrogen (secondary N) is 1. The van der Waals surface area contributed by atoms with Gasteiger partial charge in [-0.2, -0.15) is 0 Å². The van der Waals surface area contributed by atoms with Crippen molar-refractivity contribution in [2.24, 2.45) is 11.7 Å². The Kier molecular flexibility index (Phi) is 4.37. The van der Waals surface area contributed by atoms with E-state index in [-0.39, 0.29) is 0 Å². The summed E-state index contributed by atoms with van der Waals surface area (Å²) in [5.41, 5.74) is 7.52. The monoisotopic (exact) mass is 278 g/mol. The number of hydrogen-bond donors (Lipinski definition) is 2. The molecule has 5 heteroatoms. The van der Waals surface area contributed by atoms with E-state index in [9.17, 15) is 0 Å². The minimum absolute atomic E-state index is 0.421. The van der Waals surface area contributed by atoms with Crippen LogP contribution in [0.1, 0.15) is 24.6 Å². The Labute approximate surface area is 120 Å². The molecule has 3 N–H and O–H groups in total. The van der Waals surface area contributed by atoms with Crippen LogP contribution in [-0.4, -0.2) is 41.1 Å². The highest BCUT2D eigenvalue weighted by molar-refractivity contribution is 7.80. The van der Waals surface area contributed by atoms with Crippen molar-refractivity contribution in [3.63, 3.8) is 0 Å². The molecule has 1 aromatic rings. The standard InChI is InChI=1S/C14H22N4S/c1-9-8-18(3)5-4-12(9)17-13-7-11(14(15)19)6-10(2)16-13/h6-7,9,12H,4-5,8H2,1-3H3,(H2,15,19)(H,16,17). The Morgan fingerprint density at radius 2 is 2.26 bits per heavy atom. The van der Waals surface area contributed by atoms with Gasteiger partial charge in [-0.3, -0.25) is 0 Å². The molecule has 0 saturated carbocycles. The van der Waals surface area contributed by atoms with E-state index >= 15 is 0 Å². The van der Waals surface area contributed by atoms with E-state index < -0.39 is 0 Å². The average Bonchev–Trinajstić information content (AvgIpc) is 2.32. The van der Waals surface area contributed by atoms with Gasteiger partial charge >= 0.3 is 0 Å². The number of anilines is 1. The van der Waals surface area contributed by atoms with Crippen molar-refractivity contribution in [2.75, 3.05) is 25.5 Å². The summed E-state index contributed by atoms with van der Waals surface area (Å²) in [7, 11) is 2.17. The number of piperidine rings is 1. The summed E-state index contributed by atoms with van der Waals surface area (Å²) < 4.78 is 0. The van der Waals surface area contributed by atoms with Gasteiger partial charge in [0.05, 0.1) is 0 Å². The number of aryl methyl sites for hydroxylation is 1. The zero-order valence-corrected chi connectivity index (χ0v) is 12.6. The molecule has 0 spiro atoms. The van der Waals surface area contributed by atoms with Gasteiger partial charge in [0, 0.05) is 23.8 Å². The van der Waals surface area contributed by atoms with Crippen LogP contribution >= 0.6 is 12.2 Å². The predicted octanol–water partition coefficient (Wildman–Crippen LogP) is 1.78. The predicted molar refractivity (Wildman–Crippen MR) is 83.6 cm³/mol. The van der Waals surface area contributed by atoms with Crippen LogP contribution < -0.4 is 11.1 Å². The first kappa shape index (κ1) is 14.2. The molecule has 2 heterocycles. The number of aromatic nitrogens is 1. The Hall–Kier alpha value is -1.20. The van der Waals surface area contributed by atoms with Gasteiger partial charge < -0.3 is 16.0 Å². The van der Waals surface area contributed by atoms with E-state index in [1.165, 1.54) is 0 Å². The third-order valence-electron chi connectivity index (χ3n) is 3.68. The number of pyridine rings is 1. The summed E-state index contributed by atoms with van der Waals surface area (Å²) >= 11 is 5.04. The first-order valence-electron chi connectivity index (χ1n) is 6.69. The van der Waals surface area contributed by atoms with Crippen molar-refractivity contribution in [2.45, 2.75) is 26.3 Å². The summed E-state index contributed by atoms with van der Waals surface area (Å²) in [6.45, 7) is 6.48. The zero-order valence-electron chi connectivity index (χ0n) is 11.8. The Balaban J connectivity index is 2.12. The average molecular weight is 278 g/mol. The van der Waals surface area contributed by atoms with Crippen LogP contribution in [0.25, 0.3) is 0 Å². The number of likely N-dealkylation sites (tertiary alicyclic amines) is 1. The highest BCUT2D eigenvalue weighted by Crippen LogP contribution is 2.20. The van der Waals surface area contributed by atoms with Gasteiger partial charge in [-0.1, -0.05) is 19.1 Å². The molecule has 1 aliphatic heterocycles. The Morgan fingerprint density at radius 3 is 2.89 bits per heavy atom. The molecule has 2 atom stereocenters. The zero-order chi connectivity index (χ0) is 14.0. The quantitative estimate of drug-likeness (QED) is 0.825. The van der Waals surface area contributed by atoms with E-state index in [0.717, 1.165) is 36.6 Å². The van der Waals surface area contributed by atoms with Crippen molar-refractivity contribution >= 4 is 23.0 Å². The molecule has 0 radical (unpaired) electrons. The van der Waals surface area contributed by atoms with E-state index in [4.69, 9.17) is 18.0 Å². The summed E-state index contributed by atoms with van der Waals surface area (Å²) in [6.07, 6.45) is 1.13. The topological polar surface area (TPSA) is 54.2 Å². The molecule has 0 bridgehead atoms. The number of thiocarbonyl (C=S) groups is 1. The lowest BCUT2D eigenvalue weighted by Gasteiger charge is -2.35. The molecule has 2 rings (SSSR count). The summed E-state index contributed by atoms with van der Waals surface area (Å²) in [5, 5.41) is 3.53. The van der Waals surface area contributed by atoms with Crippen LogP contribution in [0.4, 0.5) is 5.82 Å². The maximum Gasteiger partial charge on any atom is 0.127 e. The number of rotatable bonds is 3. The summed E-state index contributed by atoms with van der Waals surface area (Å²) in [6, 6.07) is 4.33. The van der Waals surface area contributed by atoms with Gasteiger partial charge in [-0.15, -0.1) is 0 Å². The molecule has 0 amide bonds. The van der Waals surface area contributed by atoms with Crippen molar-refractivity contribution in [3.8, 4) is 0 Å². The van der Waals surface area contributed by atoms with Crippen molar-refractivity contribution in [1.29, 1.82) is 0 Å². The van der Waals surface area contributed by atoms with Crippen LogP contribution in [0, 0.1) is 12.8 Å². The molecule has 19 heavy (non-hydrogen) atoms. The number of nitrogens with two attached hydrogens (primary N) is 1. The van der Waals surface area contributed by atoms with E-state index in [2.05, 4.69) is 29.2 Å². The molecule has 4 nitrogen and oxygen atoms in total. The van der Waals surface area contributed by atoms with Gasteiger partial charge in [0.25, 0.3) is 0 Å². The van der Waals surface area contributed by atoms with Crippen LogP contribution in [0.3, 0.4) is 0 Å². The fourth-order valence-corrected chi connectivity index (χ4v) is 2.76. The molecule has 0 aliphatic carbocycles. The first-order valence-corrected chi connectivity index (χ1v) is 7.10. The molecule has 1 saturated heterocycles.